The van der Waals surface area contributed by atoms with Gasteiger partial charge in [-0.1, -0.05) is 46.4 Å². The quantitative estimate of drug-likeness (QED) is 0.328. The second-order valence-corrected chi connectivity index (χ2v) is 8.31. The van der Waals surface area contributed by atoms with Crippen molar-refractivity contribution in [3.05, 3.63) is 0 Å². The van der Waals surface area contributed by atoms with Crippen molar-refractivity contribution in [2.45, 2.75) is 47.9 Å². The van der Waals surface area contributed by atoms with Gasteiger partial charge in [-0.2, -0.15) is 0 Å². The summed E-state index contributed by atoms with van der Waals surface area (Å²) in [4.78, 5) is 45.9. The van der Waals surface area contributed by atoms with Crippen LogP contribution in [0.5, 0.6) is 0 Å². The van der Waals surface area contributed by atoms with Gasteiger partial charge in [-0.15, -0.1) is 0 Å². The van der Waals surface area contributed by atoms with Crippen LogP contribution in [0.4, 0.5) is 0 Å². The highest BCUT2D eigenvalue weighted by molar-refractivity contribution is 6.57. The molecule has 0 spiro atoms. The number of halogens is 4. The lowest BCUT2D eigenvalue weighted by atomic mass is 10.3. The molecule has 0 bridgehead atoms. The number of hydrogen-bond donors (Lipinski definition) is 2. The van der Waals surface area contributed by atoms with Crippen LogP contribution in [-0.4, -0.2) is 54.3 Å². The molecule has 25 heavy (non-hydrogen) atoms. The fourth-order valence-electron chi connectivity index (χ4n) is 1.09. The molecule has 0 rings (SSSR count). The molecular formula is C12H14Cl4O9. The maximum Gasteiger partial charge on any atom is 0.377 e. The van der Waals surface area contributed by atoms with Gasteiger partial charge in [0.2, 0.25) is 9.39 Å². The molecule has 0 aliphatic heterocycles. The molecule has 0 aromatic carbocycles. The molecule has 0 saturated carbocycles. The fourth-order valence-corrected chi connectivity index (χ4v) is 1.42. The maximum absolute atomic E-state index is 12.1. The highest BCUT2D eigenvalue weighted by Crippen LogP contribution is 2.31. The maximum atomic E-state index is 12.1. The first-order chi connectivity index (χ1) is 10.8. The fraction of sp³-hybridized carbons (Fsp3) is 0.667. The Balaban J connectivity index is 5.46. The van der Waals surface area contributed by atoms with E-state index in [1.807, 2.05) is 0 Å². The zero-order valence-corrected chi connectivity index (χ0v) is 16.3. The third kappa shape index (κ3) is 6.67. The van der Waals surface area contributed by atoms with E-state index in [1.165, 1.54) is 0 Å². The summed E-state index contributed by atoms with van der Waals surface area (Å²) >= 11 is 22.2. The van der Waals surface area contributed by atoms with Gasteiger partial charge in [0.15, 0.2) is 0 Å². The Labute approximate surface area is 162 Å². The summed E-state index contributed by atoms with van der Waals surface area (Å²) in [5.74, 6) is -9.47. The molecule has 0 aliphatic carbocycles. The van der Waals surface area contributed by atoms with Gasteiger partial charge in [-0.25, -0.2) is 19.2 Å². The van der Waals surface area contributed by atoms with Crippen LogP contribution >= 0.6 is 46.4 Å². The Morgan fingerprint density at radius 3 is 1.48 bits per heavy atom. The van der Waals surface area contributed by atoms with Crippen LogP contribution in [0.15, 0.2) is 0 Å². The Hall–Kier alpha value is -1.00. The van der Waals surface area contributed by atoms with Crippen LogP contribution in [0.2, 0.25) is 0 Å². The molecule has 0 fully saturated rings. The monoisotopic (exact) mass is 442 g/mol. The first-order valence-electron chi connectivity index (χ1n) is 6.24. The molecule has 0 saturated heterocycles. The van der Waals surface area contributed by atoms with Crippen LogP contribution in [0, 0.1) is 0 Å². The molecule has 0 radical (unpaired) electrons. The average molecular weight is 444 g/mol. The number of carbonyl (C=O) groups excluding carboxylic acids is 2. The van der Waals surface area contributed by atoms with E-state index < -0.39 is 44.1 Å². The molecule has 0 amide bonds. The summed E-state index contributed by atoms with van der Waals surface area (Å²) in [6.07, 6.45) is 0. The van der Waals surface area contributed by atoms with Gasteiger partial charge in [0.05, 0.1) is 0 Å². The lowest BCUT2D eigenvalue weighted by Crippen LogP contribution is -2.53. The Morgan fingerprint density at radius 2 is 1.16 bits per heavy atom. The Bertz CT molecular complexity index is 582. The molecule has 13 heteroatoms. The van der Waals surface area contributed by atoms with Crippen molar-refractivity contribution in [3.8, 4) is 0 Å². The zero-order chi connectivity index (χ0) is 20.4. The average Bonchev–Trinajstić information content (AvgIpc) is 2.35. The number of esters is 2. The molecule has 0 aliphatic rings. The molecular weight excluding hydrogens is 430 g/mol. The van der Waals surface area contributed by atoms with Crippen LogP contribution in [0.1, 0.15) is 27.7 Å². The van der Waals surface area contributed by atoms with Crippen molar-refractivity contribution in [2.24, 2.45) is 0 Å². The van der Waals surface area contributed by atoms with Crippen molar-refractivity contribution in [2.75, 3.05) is 0 Å². The third-order valence-electron chi connectivity index (χ3n) is 2.45. The number of carboxylic acids is 2. The van der Waals surface area contributed by atoms with E-state index in [9.17, 15) is 19.2 Å². The van der Waals surface area contributed by atoms with Crippen molar-refractivity contribution >= 4 is 70.3 Å². The van der Waals surface area contributed by atoms with Crippen molar-refractivity contribution < 1.29 is 43.6 Å². The van der Waals surface area contributed by atoms with Gasteiger partial charge in [0, 0.05) is 13.8 Å². The number of alkyl halides is 4. The Kier molecular flexibility index (Phi) is 7.40. The molecule has 9 nitrogen and oxygen atoms in total. The summed E-state index contributed by atoms with van der Waals surface area (Å²) in [5, 5.41) is 12.9. The molecule has 3 atom stereocenters. The van der Waals surface area contributed by atoms with E-state index in [-0.39, 0.29) is 0 Å². The summed E-state index contributed by atoms with van der Waals surface area (Å²) in [6, 6.07) is 0. The largest absolute Gasteiger partial charge is 0.478 e. The molecule has 0 heterocycles. The summed E-state index contributed by atoms with van der Waals surface area (Å²) in [6.45, 7) is 3.37. The van der Waals surface area contributed by atoms with E-state index >= 15 is 0 Å². The van der Waals surface area contributed by atoms with Gasteiger partial charge in [-0.3, -0.25) is 4.74 Å². The molecule has 0 aromatic rings. The van der Waals surface area contributed by atoms with Gasteiger partial charge in [0.1, 0.15) is 0 Å². The molecule has 144 valence electrons. The van der Waals surface area contributed by atoms with E-state index in [2.05, 4.69) is 14.2 Å². The van der Waals surface area contributed by atoms with E-state index in [4.69, 9.17) is 56.6 Å². The third-order valence-corrected chi connectivity index (χ3v) is 3.23. The topological polar surface area (TPSA) is 136 Å². The minimum atomic E-state index is -2.88. The van der Waals surface area contributed by atoms with E-state index in [0.29, 0.717) is 6.92 Å². The van der Waals surface area contributed by atoms with Crippen LogP contribution in [0.25, 0.3) is 0 Å². The van der Waals surface area contributed by atoms with Gasteiger partial charge < -0.3 is 19.7 Å². The van der Waals surface area contributed by atoms with Crippen LogP contribution in [0.3, 0.4) is 0 Å². The second kappa shape index (κ2) is 7.71. The van der Waals surface area contributed by atoms with Gasteiger partial charge >= 0.3 is 29.7 Å². The normalized spacial score (nSPS) is 18.9. The molecule has 2 N–H and O–H groups in total. The number of rotatable bonds is 8. The number of aliphatic carboxylic acids is 2. The van der Waals surface area contributed by atoms with Crippen molar-refractivity contribution in [3.63, 3.8) is 0 Å². The second-order valence-electron chi connectivity index (χ2n) is 5.16. The number of carbonyl (C=O) groups is 4. The van der Waals surface area contributed by atoms with Gasteiger partial charge in [0.25, 0.3) is 5.06 Å². The predicted molar refractivity (Wildman–Crippen MR) is 85.6 cm³/mol. The molecule has 0 aromatic heterocycles. The number of hydrogen-bond acceptors (Lipinski definition) is 7. The lowest BCUT2D eigenvalue weighted by molar-refractivity contribution is -0.257. The first-order valence-corrected chi connectivity index (χ1v) is 7.76. The van der Waals surface area contributed by atoms with Gasteiger partial charge in [-0.05, 0) is 13.8 Å². The highest BCUT2D eigenvalue weighted by Gasteiger charge is 2.52. The highest BCUT2D eigenvalue weighted by atomic mass is 35.5. The number of ether oxygens (including phenoxy) is 3. The van der Waals surface area contributed by atoms with Crippen LogP contribution < -0.4 is 0 Å². The Morgan fingerprint density at radius 1 is 0.720 bits per heavy atom. The summed E-state index contributed by atoms with van der Waals surface area (Å²) < 4.78 is 11.7. The van der Waals surface area contributed by atoms with Crippen molar-refractivity contribution in [1.29, 1.82) is 0 Å². The summed E-state index contributed by atoms with van der Waals surface area (Å²) in [7, 11) is 0. The SMILES string of the molecule is CC(Cl)(Cl)C(=O)OC(C)(Cl)C(=O)OC(C)(OC(C)(Cl)C(=O)O)C(=O)O. The molecule has 3 unspecified atom stereocenters. The first kappa shape index (κ1) is 24.0. The van der Waals surface area contributed by atoms with E-state index in [0.717, 1.165) is 20.8 Å². The minimum Gasteiger partial charge on any atom is -0.478 e. The standard InChI is InChI=1S/C12H14Cl4O9/c1-9(13,14)7(21)23-11(3,16)8(22)24-12(4,6(19)20)25-10(2,15)5(17)18/h1-4H3,(H,17,18)(H,19,20). The minimum absolute atomic E-state index is 0.693. The smallest absolute Gasteiger partial charge is 0.377 e. The predicted octanol–water partition coefficient (Wildman–Crippen LogP) is 2.08. The zero-order valence-electron chi connectivity index (χ0n) is 13.3. The van der Waals surface area contributed by atoms with Crippen LogP contribution in [-0.2, 0) is 33.4 Å². The van der Waals surface area contributed by atoms with E-state index in [1.54, 1.807) is 0 Å². The lowest BCUT2D eigenvalue weighted by Gasteiger charge is -2.33. The summed E-state index contributed by atoms with van der Waals surface area (Å²) in [5.41, 5.74) is 0. The number of carboxylic acid groups (broad SMARTS) is 2. The van der Waals surface area contributed by atoms with Crippen molar-refractivity contribution in [1.82, 2.24) is 0 Å².